The van der Waals surface area contributed by atoms with E-state index in [-0.39, 0.29) is 11.9 Å². The zero-order valence-electron chi connectivity index (χ0n) is 17.3. The first-order valence-electron chi connectivity index (χ1n) is 10.0. The predicted octanol–water partition coefficient (Wildman–Crippen LogP) is 4.56. The molecular weight excluding hydrogens is 412 g/mol. The lowest BCUT2D eigenvalue weighted by Gasteiger charge is -2.23. The molecule has 0 radical (unpaired) electrons. The first-order valence-corrected chi connectivity index (χ1v) is 10.4. The van der Waals surface area contributed by atoms with Crippen LogP contribution in [0.15, 0.2) is 54.9 Å². The second-order valence-corrected chi connectivity index (χ2v) is 8.27. The van der Waals surface area contributed by atoms with E-state index in [1.807, 2.05) is 44.2 Å². The monoisotopic (exact) mass is 432 g/mol. The number of amides is 1. The minimum Gasteiger partial charge on any atom is -0.340 e. The van der Waals surface area contributed by atoms with Gasteiger partial charge in [0.15, 0.2) is 5.69 Å². The highest BCUT2D eigenvalue weighted by Crippen LogP contribution is 2.36. The number of hydrogen-bond donors (Lipinski definition) is 1. The van der Waals surface area contributed by atoms with Gasteiger partial charge in [-0.15, -0.1) is 0 Å². The Hall–Kier alpha value is -3.45. The summed E-state index contributed by atoms with van der Waals surface area (Å²) in [5.74, 6) is 0.550. The molecule has 7 nitrogen and oxygen atoms in total. The van der Waals surface area contributed by atoms with Crippen LogP contribution in [-0.2, 0) is 0 Å². The molecule has 1 amide bonds. The van der Waals surface area contributed by atoms with Crippen molar-refractivity contribution < 1.29 is 4.79 Å². The summed E-state index contributed by atoms with van der Waals surface area (Å²) in [5.41, 5.74) is 5.37. The number of nitrogens with zero attached hydrogens (tertiary/aromatic N) is 5. The summed E-state index contributed by atoms with van der Waals surface area (Å²) >= 11 is 6.27. The van der Waals surface area contributed by atoms with E-state index >= 15 is 0 Å². The molecule has 1 saturated heterocycles. The molecule has 1 fully saturated rings. The second-order valence-electron chi connectivity index (χ2n) is 7.86. The van der Waals surface area contributed by atoms with Crippen molar-refractivity contribution in [1.82, 2.24) is 29.6 Å². The third kappa shape index (κ3) is 3.31. The van der Waals surface area contributed by atoms with E-state index in [1.54, 1.807) is 22.0 Å². The van der Waals surface area contributed by atoms with Crippen LogP contribution in [0.3, 0.4) is 0 Å². The van der Waals surface area contributed by atoms with E-state index in [4.69, 9.17) is 16.6 Å². The molecule has 0 unspecified atom stereocenters. The molecular formula is C23H21ClN6O. The maximum absolute atomic E-state index is 13.7. The number of benzene rings is 1. The lowest BCUT2D eigenvalue weighted by atomic mass is 10.1. The number of rotatable bonds is 3. The van der Waals surface area contributed by atoms with Crippen LogP contribution in [0.1, 0.15) is 40.0 Å². The van der Waals surface area contributed by atoms with Gasteiger partial charge in [0, 0.05) is 29.7 Å². The van der Waals surface area contributed by atoms with Crippen molar-refractivity contribution in [1.29, 1.82) is 0 Å². The molecule has 31 heavy (non-hydrogen) atoms. The van der Waals surface area contributed by atoms with Crippen molar-refractivity contribution in [3.8, 4) is 5.69 Å². The fourth-order valence-corrected chi connectivity index (χ4v) is 4.21. The average molecular weight is 433 g/mol. The van der Waals surface area contributed by atoms with Gasteiger partial charge in [-0.2, -0.15) is 5.10 Å². The fourth-order valence-electron chi connectivity index (χ4n) is 4.06. The predicted molar refractivity (Wildman–Crippen MR) is 119 cm³/mol. The molecule has 3 aromatic heterocycles. The van der Waals surface area contributed by atoms with Gasteiger partial charge in [-0.05, 0) is 56.2 Å². The minimum atomic E-state index is -0.252. The average Bonchev–Trinajstić information content (AvgIpc) is 3.49. The van der Waals surface area contributed by atoms with Crippen molar-refractivity contribution >= 4 is 28.5 Å². The smallest absolute Gasteiger partial charge is 0.275 e. The minimum absolute atomic E-state index is 0.173. The molecule has 8 heteroatoms. The Morgan fingerprint density at radius 3 is 2.84 bits per heavy atom. The molecule has 0 aliphatic carbocycles. The summed E-state index contributed by atoms with van der Waals surface area (Å²) in [6.45, 7) is 8.40. The van der Waals surface area contributed by atoms with E-state index in [1.165, 1.54) is 0 Å². The van der Waals surface area contributed by atoms with Gasteiger partial charge in [0.25, 0.3) is 5.91 Å². The first-order chi connectivity index (χ1) is 14.9. The Morgan fingerprint density at radius 1 is 1.23 bits per heavy atom. The van der Waals surface area contributed by atoms with Gasteiger partial charge < -0.3 is 9.88 Å². The highest BCUT2D eigenvalue weighted by atomic mass is 35.5. The Morgan fingerprint density at radius 2 is 2.06 bits per heavy atom. The molecule has 5 rings (SSSR count). The van der Waals surface area contributed by atoms with Gasteiger partial charge in [-0.3, -0.25) is 4.79 Å². The van der Waals surface area contributed by atoms with Crippen LogP contribution < -0.4 is 0 Å². The van der Waals surface area contributed by atoms with Crippen molar-refractivity contribution in [3.05, 3.63) is 82.7 Å². The Kier molecular flexibility index (Phi) is 4.63. The molecule has 1 N–H and O–H groups in total. The van der Waals surface area contributed by atoms with Crippen LogP contribution in [0.4, 0.5) is 0 Å². The van der Waals surface area contributed by atoms with Crippen LogP contribution in [0, 0.1) is 13.8 Å². The number of halogens is 1. The van der Waals surface area contributed by atoms with Crippen LogP contribution in [0.2, 0.25) is 5.02 Å². The lowest BCUT2D eigenvalue weighted by Crippen LogP contribution is -2.33. The van der Waals surface area contributed by atoms with Gasteiger partial charge >= 0.3 is 0 Å². The number of imidazole rings is 1. The molecule has 0 spiro atoms. The van der Waals surface area contributed by atoms with Crippen LogP contribution in [0.5, 0.6) is 0 Å². The van der Waals surface area contributed by atoms with Crippen molar-refractivity contribution in [2.24, 2.45) is 0 Å². The maximum atomic E-state index is 13.7. The number of likely N-dealkylation sites (tertiary alicyclic amines) is 1. The standard InChI is InChI=1S/C23H21ClN6O/c1-13-11-19(22-27-17-7-6-16(24)15(3)20(17)28-22)29(12-13)23(31)21-18(8-5-14(2)26-21)30-10-4-9-25-30/h4-10,19H,1,11-12H2,2-3H3,(H,27,28)/t19-/m0/s1. The third-order valence-corrected chi connectivity index (χ3v) is 6.07. The molecule has 4 aromatic rings. The first kappa shape index (κ1) is 19.5. The van der Waals surface area contributed by atoms with Crippen molar-refractivity contribution in [2.45, 2.75) is 26.3 Å². The highest BCUT2D eigenvalue weighted by molar-refractivity contribution is 6.32. The number of aromatic nitrogens is 5. The SMILES string of the molecule is C=C1C[C@@H](c2nc3c(C)c(Cl)ccc3[nH]2)N(C(=O)c2nc(C)ccc2-n2cccn2)C1. The Bertz CT molecular complexity index is 1320. The van der Waals surface area contributed by atoms with Gasteiger partial charge in [-0.1, -0.05) is 23.8 Å². The number of fused-ring (bicyclic) bond motifs is 1. The van der Waals surface area contributed by atoms with Gasteiger partial charge in [0.1, 0.15) is 5.82 Å². The van der Waals surface area contributed by atoms with Crippen molar-refractivity contribution in [2.75, 3.05) is 6.54 Å². The molecule has 1 aliphatic rings. The second kappa shape index (κ2) is 7.35. The zero-order valence-corrected chi connectivity index (χ0v) is 18.0. The number of pyridine rings is 1. The maximum Gasteiger partial charge on any atom is 0.275 e. The van der Waals surface area contributed by atoms with Crippen LogP contribution >= 0.6 is 11.6 Å². The number of hydrogen-bond acceptors (Lipinski definition) is 4. The normalized spacial score (nSPS) is 16.4. The molecule has 0 bridgehead atoms. The molecule has 1 aromatic carbocycles. The summed E-state index contributed by atoms with van der Waals surface area (Å²) in [6.07, 6.45) is 4.12. The van der Waals surface area contributed by atoms with E-state index in [0.29, 0.717) is 29.4 Å². The quantitative estimate of drug-likeness (QED) is 0.481. The fraction of sp³-hybridized carbons (Fsp3) is 0.217. The number of H-pyrrole nitrogens is 1. The topological polar surface area (TPSA) is 79.7 Å². The molecule has 1 atom stereocenters. The summed E-state index contributed by atoms with van der Waals surface area (Å²) in [7, 11) is 0. The summed E-state index contributed by atoms with van der Waals surface area (Å²) < 4.78 is 1.66. The highest BCUT2D eigenvalue weighted by Gasteiger charge is 2.36. The van der Waals surface area contributed by atoms with Gasteiger partial charge in [0.05, 0.1) is 22.8 Å². The number of aromatic amines is 1. The number of carbonyl (C=O) groups is 1. The zero-order chi connectivity index (χ0) is 21.7. The Labute approximate surface area is 184 Å². The van der Waals surface area contributed by atoms with E-state index < -0.39 is 0 Å². The summed E-state index contributed by atoms with van der Waals surface area (Å²) in [4.78, 5) is 28.2. The van der Waals surface area contributed by atoms with Crippen LogP contribution in [0.25, 0.3) is 16.7 Å². The van der Waals surface area contributed by atoms with E-state index in [9.17, 15) is 4.79 Å². The molecule has 156 valence electrons. The van der Waals surface area contributed by atoms with Gasteiger partial charge in [-0.25, -0.2) is 14.6 Å². The number of aryl methyl sites for hydroxylation is 2. The molecule has 0 saturated carbocycles. The van der Waals surface area contributed by atoms with E-state index in [0.717, 1.165) is 33.7 Å². The number of carbonyl (C=O) groups excluding carboxylic acids is 1. The lowest BCUT2D eigenvalue weighted by molar-refractivity contribution is 0.0726. The summed E-state index contributed by atoms with van der Waals surface area (Å²) in [6, 6.07) is 9.07. The largest absolute Gasteiger partial charge is 0.340 e. The van der Waals surface area contributed by atoms with E-state index in [2.05, 4.69) is 21.6 Å². The number of nitrogens with one attached hydrogen (secondary N) is 1. The third-order valence-electron chi connectivity index (χ3n) is 5.66. The van der Waals surface area contributed by atoms with Gasteiger partial charge in [0.2, 0.25) is 0 Å². The van der Waals surface area contributed by atoms with Crippen LogP contribution in [-0.4, -0.2) is 42.1 Å². The summed E-state index contributed by atoms with van der Waals surface area (Å²) in [5, 5.41) is 4.95. The molecule has 4 heterocycles. The molecule has 1 aliphatic heterocycles. The Balaban J connectivity index is 1.57. The van der Waals surface area contributed by atoms with Crippen molar-refractivity contribution in [3.63, 3.8) is 0 Å².